The summed E-state index contributed by atoms with van der Waals surface area (Å²) >= 11 is 0. The van der Waals surface area contributed by atoms with Gasteiger partial charge in [0.25, 0.3) is 0 Å². The lowest BCUT2D eigenvalue weighted by Crippen LogP contribution is -2.12. The second kappa shape index (κ2) is 7.84. The zero-order valence-electron chi connectivity index (χ0n) is 14.5. The van der Waals surface area contributed by atoms with Crippen molar-refractivity contribution in [1.29, 1.82) is 0 Å². The van der Waals surface area contributed by atoms with Crippen LogP contribution in [0.25, 0.3) is 5.57 Å². The predicted octanol–water partition coefficient (Wildman–Crippen LogP) is 2.32. The summed E-state index contributed by atoms with van der Waals surface area (Å²) in [5.41, 5.74) is 8.97. The summed E-state index contributed by atoms with van der Waals surface area (Å²) in [5, 5.41) is 8.36. The summed E-state index contributed by atoms with van der Waals surface area (Å²) in [6, 6.07) is 8.47. The molecule has 0 radical (unpaired) electrons. The fraction of sp³-hybridized carbons (Fsp3) is 0.333. The molecule has 1 aromatic heterocycles. The van der Waals surface area contributed by atoms with Gasteiger partial charge in [-0.05, 0) is 55.4 Å². The second-order valence-electron chi connectivity index (χ2n) is 6.34. The van der Waals surface area contributed by atoms with Crippen molar-refractivity contribution in [3.05, 3.63) is 47.7 Å². The van der Waals surface area contributed by atoms with Gasteiger partial charge in [0.15, 0.2) is 0 Å². The van der Waals surface area contributed by atoms with E-state index >= 15 is 0 Å². The molecule has 5 N–H and O–H groups in total. The van der Waals surface area contributed by atoms with Crippen molar-refractivity contribution in [1.82, 2.24) is 9.97 Å². The van der Waals surface area contributed by atoms with E-state index in [9.17, 15) is 8.42 Å². The molecular formula is C18H23N5O2S. The summed E-state index contributed by atoms with van der Waals surface area (Å²) in [5.74, 6) is 0.953. The van der Waals surface area contributed by atoms with Gasteiger partial charge >= 0.3 is 0 Å². The number of benzene rings is 1. The number of nitrogens with two attached hydrogens (primary N) is 2. The van der Waals surface area contributed by atoms with Crippen LogP contribution in [0.1, 0.15) is 36.9 Å². The highest BCUT2D eigenvalue weighted by Gasteiger charge is 2.10. The summed E-state index contributed by atoms with van der Waals surface area (Å²) < 4.78 is 22.5. The quantitative estimate of drug-likeness (QED) is 0.714. The molecule has 0 saturated heterocycles. The van der Waals surface area contributed by atoms with Crippen LogP contribution in [0.5, 0.6) is 0 Å². The molecule has 1 aromatic carbocycles. The first-order valence-corrected chi connectivity index (χ1v) is 10.2. The van der Waals surface area contributed by atoms with Gasteiger partial charge in [-0.3, -0.25) is 0 Å². The summed E-state index contributed by atoms with van der Waals surface area (Å²) in [6.07, 6.45) is 7.43. The molecule has 0 aliphatic heterocycles. The van der Waals surface area contributed by atoms with Crippen LogP contribution in [0, 0.1) is 0 Å². The molecule has 0 spiro atoms. The monoisotopic (exact) mass is 373 g/mol. The van der Waals surface area contributed by atoms with Gasteiger partial charge in [-0.25, -0.2) is 18.5 Å². The highest BCUT2D eigenvalue weighted by molar-refractivity contribution is 7.89. The number of hydrogen-bond donors (Lipinski definition) is 3. The second-order valence-corrected chi connectivity index (χ2v) is 7.90. The Bertz CT molecular complexity index is 908. The van der Waals surface area contributed by atoms with Crippen LogP contribution in [0.15, 0.2) is 41.3 Å². The van der Waals surface area contributed by atoms with Gasteiger partial charge in [0.05, 0.1) is 10.6 Å². The maximum Gasteiger partial charge on any atom is 0.238 e. The minimum Gasteiger partial charge on any atom is -0.370 e. The number of nitrogens with zero attached hydrogens (tertiary/aromatic N) is 2. The van der Waals surface area contributed by atoms with Crippen molar-refractivity contribution < 1.29 is 8.42 Å². The maximum atomic E-state index is 11.3. The van der Waals surface area contributed by atoms with Crippen LogP contribution in [-0.4, -0.2) is 24.9 Å². The standard InChI is InChI=1S/C18H23N5O2S/c19-18-22-16(14-4-2-1-3-5-14)12-17(23-18)21-11-10-13-6-8-15(9-7-13)26(20,24)25/h4,6-9,12H,1-3,5,10-11H2,(H2,20,24,25)(H3,19,21,22,23). The van der Waals surface area contributed by atoms with Crippen LogP contribution in [-0.2, 0) is 16.4 Å². The Kier molecular flexibility index (Phi) is 5.53. The summed E-state index contributed by atoms with van der Waals surface area (Å²) in [6.45, 7) is 0.643. The Morgan fingerprint density at radius 2 is 1.88 bits per heavy atom. The van der Waals surface area contributed by atoms with Crippen molar-refractivity contribution in [2.45, 2.75) is 37.0 Å². The van der Waals surface area contributed by atoms with Gasteiger partial charge in [-0.15, -0.1) is 0 Å². The molecule has 7 nitrogen and oxygen atoms in total. The summed E-state index contributed by atoms with van der Waals surface area (Å²) in [7, 11) is -3.66. The minimum absolute atomic E-state index is 0.114. The molecule has 3 rings (SSSR count). The highest BCUT2D eigenvalue weighted by atomic mass is 32.2. The van der Waals surface area contributed by atoms with E-state index in [2.05, 4.69) is 21.4 Å². The molecule has 1 aliphatic rings. The lowest BCUT2D eigenvalue weighted by Gasteiger charge is -2.14. The fourth-order valence-electron chi connectivity index (χ4n) is 2.97. The number of sulfonamides is 1. The van der Waals surface area contributed by atoms with E-state index in [1.807, 2.05) is 6.07 Å². The Balaban J connectivity index is 1.63. The minimum atomic E-state index is -3.66. The Labute approximate surface area is 153 Å². The van der Waals surface area contributed by atoms with Crippen LogP contribution < -0.4 is 16.2 Å². The largest absolute Gasteiger partial charge is 0.370 e. The van der Waals surface area contributed by atoms with Crippen molar-refractivity contribution in [3.8, 4) is 0 Å². The average molecular weight is 373 g/mol. The lowest BCUT2D eigenvalue weighted by atomic mass is 9.97. The number of anilines is 2. The third kappa shape index (κ3) is 4.80. The maximum absolute atomic E-state index is 11.3. The van der Waals surface area contributed by atoms with Gasteiger partial charge in [0.1, 0.15) is 5.82 Å². The molecule has 0 amide bonds. The number of nitrogens with one attached hydrogen (secondary N) is 1. The number of rotatable bonds is 6. The van der Waals surface area contributed by atoms with Gasteiger partial charge in [0, 0.05) is 12.6 Å². The lowest BCUT2D eigenvalue weighted by molar-refractivity contribution is 0.598. The SMILES string of the molecule is Nc1nc(NCCc2ccc(S(N)(=O)=O)cc2)cc(C2=CCCCC2)n1. The molecule has 26 heavy (non-hydrogen) atoms. The molecular weight excluding hydrogens is 350 g/mol. The Morgan fingerprint density at radius 1 is 1.12 bits per heavy atom. The van der Waals surface area contributed by atoms with Crippen LogP contribution >= 0.6 is 0 Å². The van der Waals surface area contributed by atoms with Gasteiger partial charge in [0.2, 0.25) is 16.0 Å². The van der Waals surface area contributed by atoms with Crippen molar-refractivity contribution in [2.24, 2.45) is 5.14 Å². The first kappa shape index (κ1) is 18.3. The molecule has 0 saturated carbocycles. The van der Waals surface area contributed by atoms with Crippen molar-refractivity contribution >= 4 is 27.4 Å². The molecule has 0 fully saturated rings. The van der Waals surface area contributed by atoms with Crippen molar-refractivity contribution in [3.63, 3.8) is 0 Å². The highest BCUT2D eigenvalue weighted by Crippen LogP contribution is 2.26. The number of hydrogen-bond acceptors (Lipinski definition) is 6. The first-order chi connectivity index (χ1) is 12.4. The van der Waals surface area contributed by atoms with Crippen LogP contribution in [0.2, 0.25) is 0 Å². The zero-order valence-corrected chi connectivity index (χ0v) is 15.3. The average Bonchev–Trinajstić information content (AvgIpc) is 2.62. The Morgan fingerprint density at radius 3 is 2.54 bits per heavy atom. The fourth-order valence-corrected chi connectivity index (χ4v) is 3.49. The van der Waals surface area contributed by atoms with Crippen LogP contribution in [0.4, 0.5) is 11.8 Å². The molecule has 8 heteroatoms. The Hall–Kier alpha value is -2.45. The molecule has 1 heterocycles. The smallest absolute Gasteiger partial charge is 0.238 e. The number of aromatic nitrogens is 2. The normalized spacial score (nSPS) is 14.7. The van der Waals surface area contributed by atoms with Gasteiger partial charge in [-0.1, -0.05) is 18.2 Å². The van der Waals surface area contributed by atoms with E-state index in [0.29, 0.717) is 18.8 Å². The van der Waals surface area contributed by atoms with E-state index in [0.717, 1.165) is 24.1 Å². The molecule has 2 aromatic rings. The van der Waals surface area contributed by atoms with Crippen LogP contribution in [0.3, 0.4) is 0 Å². The third-order valence-corrected chi connectivity index (χ3v) is 5.26. The topological polar surface area (TPSA) is 124 Å². The van der Waals surface area contributed by atoms with E-state index in [4.69, 9.17) is 10.9 Å². The predicted molar refractivity (Wildman–Crippen MR) is 103 cm³/mol. The van der Waals surface area contributed by atoms with E-state index in [1.165, 1.54) is 30.5 Å². The van der Waals surface area contributed by atoms with Crippen molar-refractivity contribution in [2.75, 3.05) is 17.6 Å². The molecule has 0 bridgehead atoms. The molecule has 0 atom stereocenters. The van der Waals surface area contributed by atoms with E-state index in [-0.39, 0.29) is 10.8 Å². The molecule has 0 unspecified atom stereocenters. The first-order valence-electron chi connectivity index (χ1n) is 8.61. The molecule has 1 aliphatic carbocycles. The van der Waals surface area contributed by atoms with Gasteiger partial charge < -0.3 is 11.1 Å². The number of allylic oxidation sites excluding steroid dienone is 2. The van der Waals surface area contributed by atoms with E-state index in [1.54, 1.807) is 12.1 Å². The zero-order chi connectivity index (χ0) is 18.6. The van der Waals surface area contributed by atoms with Gasteiger partial charge in [-0.2, -0.15) is 4.98 Å². The third-order valence-electron chi connectivity index (χ3n) is 4.34. The summed E-state index contributed by atoms with van der Waals surface area (Å²) in [4.78, 5) is 8.70. The number of nitrogen functional groups attached to an aromatic ring is 1. The number of primary sulfonamides is 1. The van der Waals surface area contributed by atoms with E-state index < -0.39 is 10.0 Å². The molecule has 138 valence electrons.